The van der Waals surface area contributed by atoms with Gasteiger partial charge in [-0.05, 0) is 46.5 Å². The number of hydrogen-bond donors (Lipinski definition) is 0. The Labute approximate surface area is 202 Å². The van der Waals surface area contributed by atoms with E-state index in [1.807, 2.05) is 0 Å². The molecule has 3 aromatic rings. The lowest BCUT2D eigenvalue weighted by Crippen LogP contribution is -2.36. The maximum absolute atomic E-state index is 5.44. The summed E-state index contributed by atoms with van der Waals surface area (Å²) >= 11 is 0. The molecule has 0 amide bonds. The number of benzene rings is 3. The van der Waals surface area contributed by atoms with Gasteiger partial charge in [-0.3, -0.25) is 0 Å². The average Bonchev–Trinajstić information content (AvgIpc) is 2.93. The minimum Gasteiger partial charge on any atom is -0.378 e. The van der Waals surface area contributed by atoms with Crippen molar-refractivity contribution in [3.63, 3.8) is 0 Å². The van der Waals surface area contributed by atoms with Crippen molar-refractivity contribution in [3.05, 3.63) is 95.1 Å². The molecule has 174 valence electrons. The van der Waals surface area contributed by atoms with Gasteiger partial charge in [0.15, 0.2) is 0 Å². The number of nitrogens with zero attached hydrogens (tertiary/aromatic N) is 2. The smallest absolute Gasteiger partial charge is 0.0642 e. The van der Waals surface area contributed by atoms with E-state index in [0.29, 0.717) is 0 Å². The molecule has 2 aliphatic heterocycles. The van der Waals surface area contributed by atoms with Crippen LogP contribution in [0.5, 0.6) is 0 Å². The lowest BCUT2D eigenvalue weighted by Gasteiger charge is -2.28. The van der Waals surface area contributed by atoms with Gasteiger partial charge in [0.2, 0.25) is 0 Å². The second-order valence-electron chi connectivity index (χ2n) is 8.72. The first kappa shape index (κ1) is 22.5. The van der Waals surface area contributed by atoms with Gasteiger partial charge in [0.1, 0.15) is 0 Å². The number of morpholine rings is 2. The highest BCUT2D eigenvalue weighted by Gasteiger charge is 2.11. The van der Waals surface area contributed by atoms with Crippen LogP contribution >= 0.6 is 0 Å². The Morgan fingerprint density at radius 3 is 0.971 bits per heavy atom. The molecule has 2 fully saturated rings. The van der Waals surface area contributed by atoms with E-state index in [4.69, 9.17) is 9.47 Å². The summed E-state index contributed by atoms with van der Waals surface area (Å²) in [6.45, 7) is 7.13. The highest BCUT2D eigenvalue weighted by Crippen LogP contribution is 2.20. The number of rotatable bonds is 6. The van der Waals surface area contributed by atoms with Crippen LogP contribution in [0.15, 0.2) is 72.8 Å². The van der Waals surface area contributed by atoms with E-state index >= 15 is 0 Å². The van der Waals surface area contributed by atoms with Gasteiger partial charge in [0.05, 0.1) is 26.4 Å². The van der Waals surface area contributed by atoms with Gasteiger partial charge in [0, 0.05) is 37.6 Å². The van der Waals surface area contributed by atoms with Gasteiger partial charge >= 0.3 is 0 Å². The Morgan fingerprint density at radius 2 is 0.676 bits per heavy atom. The molecule has 0 aromatic heterocycles. The van der Waals surface area contributed by atoms with Crippen LogP contribution in [0.3, 0.4) is 0 Å². The summed E-state index contributed by atoms with van der Waals surface area (Å²) < 4.78 is 10.9. The van der Waals surface area contributed by atoms with Crippen molar-refractivity contribution in [1.82, 2.24) is 0 Å². The molecule has 2 aliphatic rings. The van der Waals surface area contributed by atoms with Gasteiger partial charge in [-0.15, -0.1) is 0 Å². The second kappa shape index (κ2) is 11.2. The fourth-order valence-corrected chi connectivity index (χ4v) is 4.34. The van der Waals surface area contributed by atoms with Crippen LogP contribution in [-0.4, -0.2) is 52.6 Å². The monoisotopic (exact) mass is 452 g/mol. The maximum Gasteiger partial charge on any atom is 0.0642 e. The first-order valence-electron chi connectivity index (χ1n) is 12.2. The third kappa shape index (κ3) is 5.96. The summed E-state index contributed by atoms with van der Waals surface area (Å²) in [6, 6.07) is 26.2. The largest absolute Gasteiger partial charge is 0.378 e. The van der Waals surface area contributed by atoms with Crippen LogP contribution in [0.1, 0.15) is 22.3 Å². The minimum absolute atomic E-state index is 0.814. The van der Waals surface area contributed by atoms with E-state index in [0.717, 1.165) is 52.6 Å². The highest BCUT2D eigenvalue weighted by atomic mass is 16.5. The van der Waals surface area contributed by atoms with Crippen molar-refractivity contribution < 1.29 is 9.47 Å². The molecular formula is C30H32N2O2. The van der Waals surface area contributed by atoms with Crippen LogP contribution in [0.2, 0.25) is 0 Å². The van der Waals surface area contributed by atoms with E-state index in [1.165, 1.54) is 33.6 Å². The third-order valence-electron chi connectivity index (χ3n) is 6.41. The average molecular weight is 453 g/mol. The van der Waals surface area contributed by atoms with Gasteiger partial charge in [0.25, 0.3) is 0 Å². The molecular weight excluding hydrogens is 420 g/mol. The fourth-order valence-electron chi connectivity index (χ4n) is 4.34. The van der Waals surface area contributed by atoms with Crippen LogP contribution in [0.4, 0.5) is 11.4 Å². The summed E-state index contributed by atoms with van der Waals surface area (Å²) in [7, 11) is 0. The summed E-state index contributed by atoms with van der Waals surface area (Å²) in [5, 5.41) is 0. The number of hydrogen-bond acceptors (Lipinski definition) is 4. The van der Waals surface area contributed by atoms with Crippen molar-refractivity contribution in [2.75, 3.05) is 62.4 Å². The maximum atomic E-state index is 5.44. The van der Waals surface area contributed by atoms with Crippen molar-refractivity contribution in [2.24, 2.45) is 0 Å². The van der Waals surface area contributed by atoms with Crippen LogP contribution < -0.4 is 9.80 Å². The van der Waals surface area contributed by atoms with Crippen molar-refractivity contribution in [3.8, 4) is 0 Å². The number of anilines is 2. The lowest BCUT2D eigenvalue weighted by atomic mass is 10.1. The van der Waals surface area contributed by atoms with E-state index in [-0.39, 0.29) is 0 Å². The van der Waals surface area contributed by atoms with Gasteiger partial charge in [-0.25, -0.2) is 0 Å². The molecule has 0 spiro atoms. The zero-order valence-corrected chi connectivity index (χ0v) is 19.6. The molecule has 4 nitrogen and oxygen atoms in total. The first-order chi connectivity index (χ1) is 16.8. The SMILES string of the molecule is C(=Cc1ccc(N2CCOCC2)cc1)c1ccc(C=Cc2ccc(N3CCOCC3)cc2)cc1. The molecule has 0 atom stereocenters. The van der Waals surface area contributed by atoms with E-state index < -0.39 is 0 Å². The molecule has 2 saturated heterocycles. The highest BCUT2D eigenvalue weighted by molar-refractivity contribution is 5.74. The predicted octanol–water partition coefficient (Wildman–Crippen LogP) is 5.70. The lowest BCUT2D eigenvalue weighted by molar-refractivity contribution is 0.122. The Hall–Kier alpha value is -3.34. The standard InChI is InChI=1S/C30H32N2O2/c1-2-26(6-8-28-11-15-30(16-12-28)32-19-23-34-24-20-32)4-3-25(1)5-7-27-9-13-29(14-10-27)31-17-21-33-22-18-31/h1-16H,17-24H2. The van der Waals surface area contributed by atoms with Gasteiger partial charge < -0.3 is 19.3 Å². The molecule has 0 N–H and O–H groups in total. The minimum atomic E-state index is 0.814. The van der Waals surface area contributed by atoms with Gasteiger partial charge in [-0.2, -0.15) is 0 Å². The summed E-state index contributed by atoms with van der Waals surface area (Å²) in [6.07, 6.45) is 8.68. The molecule has 3 aromatic carbocycles. The molecule has 0 unspecified atom stereocenters. The van der Waals surface area contributed by atoms with Gasteiger partial charge in [-0.1, -0.05) is 72.8 Å². The summed E-state index contributed by atoms with van der Waals surface area (Å²) in [5.41, 5.74) is 7.36. The number of ether oxygens (including phenoxy) is 2. The van der Waals surface area contributed by atoms with Crippen LogP contribution in [0.25, 0.3) is 24.3 Å². The molecule has 0 aliphatic carbocycles. The summed E-state index contributed by atoms with van der Waals surface area (Å²) in [4.78, 5) is 4.75. The Bertz CT molecular complexity index is 1000. The zero-order chi connectivity index (χ0) is 23.0. The molecule has 4 heteroatoms. The molecule has 0 saturated carbocycles. The second-order valence-corrected chi connectivity index (χ2v) is 8.72. The van der Waals surface area contributed by atoms with Crippen molar-refractivity contribution in [1.29, 1.82) is 0 Å². The Balaban J connectivity index is 1.16. The summed E-state index contributed by atoms with van der Waals surface area (Å²) in [5.74, 6) is 0. The van der Waals surface area contributed by atoms with Crippen LogP contribution in [0, 0.1) is 0 Å². The van der Waals surface area contributed by atoms with E-state index in [2.05, 4.69) is 107 Å². The first-order valence-corrected chi connectivity index (χ1v) is 12.2. The van der Waals surface area contributed by atoms with E-state index in [9.17, 15) is 0 Å². The van der Waals surface area contributed by atoms with Crippen molar-refractivity contribution >= 4 is 35.7 Å². The predicted molar refractivity (Wildman–Crippen MR) is 143 cm³/mol. The molecule has 5 rings (SSSR count). The molecule has 34 heavy (non-hydrogen) atoms. The fraction of sp³-hybridized carbons (Fsp3) is 0.267. The normalized spacial score (nSPS) is 17.1. The van der Waals surface area contributed by atoms with E-state index in [1.54, 1.807) is 0 Å². The quantitative estimate of drug-likeness (QED) is 0.448. The molecule has 0 bridgehead atoms. The topological polar surface area (TPSA) is 24.9 Å². The zero-order valence-electron chi connectivity index (χ0n) is 19.6. The third-order valence-corrected chi connectivity index (χ3v) is 6.41. The Kier molecular flexibility index (Phi) is 7.39. The van der Waals surface area contributed by atoms with Crippen LogP contribution in [-0.2, 0) is 9.47 Å². The molecule has 0 radical (unpaired) electrons. The van der Waals surface area contributed by atoms with Crippen molar-refractivity contribution in [2.45, 2.75) is 0 Å². The Morgan fingerprint density at radius 1 is 0.412 bits per heavy atom. The molecule has 2 heterocycles.